The summed E-state index contributed by atoms with van der Waals surface area (Å²) >= 11 is 0. The average Bonchev–Trinajstić information content (AvgIpc) is 3.26. The third-order valence-electron chi connectivity index (χ3n) is 6.16. The lowest BCUT2D eigenvalue weighted by atomic mass is 10.00. The number of hydrogen-bond acceptors (Lipinski definition) is 7. The highest BCUT2D eigenvalue weighted by Gasteiger charge is 2.32. The van der Waals surface area contributed by atoms with Gasteiger partial charge < -0.3 is 42.6 Å². The quantitative estimate of drug-likeness (QED) is 0.142. The van der Waals surface area contributed by atoms with Gasteiger partial charge in [0.05, 0.1) is 12.1 Å². The molecule has 39 heavy (non-hydrogen) atoms. The van der Waals surface area contributed by atoms with Gasteiger partial charge in [-0.25, -0.2) is 4.79 Å². The first-order valence-corrected chi connectivity index (χ1v) is 12.7. The zero-order valence-electron chi connectivity index (χ0n) is 22.3. The molecule has 0 spiro atoms. The molecule has 4 amide bonds. The van der Waals surface area contributed by atoms with E-state index in [4.69, 9.17) is 11.5 Å². The number of amides is 4. The van der Waals surface area contributed by atoms with E-state index in [1.54, 1.807) is 6.20 Å². The van der Waals surface area contributed by atoms with Gasteiger partial charge in [0.15, 0.2) is 6.04 Å². The number of carboxylic acid groups (broad SMARTS) is 1. The Morgan fingerprint density at radius 2 is 1.56 bits per heavy atom. The van der Waals surface area contributed by atoms with Crippen molar-refractivity contribution in [1.29, 1.82) is 0 Å². The van der Waals surface area contributed by atoms with E-state index in [2.05, 4.69) is 20.9 Å². The van der Waals surface area contributed by atoms with Gasteiger partial charge >= 0.3 is 5.97 Å². The van der Waals surface area contributed by atoms with Gasteiger partial charge in [0.1, 0.15) is 12.1 Å². The molecule has 0 saturated carbocycles. The first-order valence-electron chi connectivity index (χ1n) is 12.7. The van der Waals surface area contributed by atoms with Crippen LogP contribution in [-0.4, -0.2) is 75.1 Å². The lowest BCUT2D eigenvalue weighted by Crippen LogP contribution is -2.58. The molecule has 13 nitrogen and oxygen atoms in total. The number of carbonyl (C=O) groups is 5. The molecule has 0 aliphatic heterocycles. The Hall–Kier alpha value is -3.97. The van der Waals surface area contributed by atoms with Crippen LogP contribution in [0, 0.1) is 5.92 Å². The van der Waals surface area contributed by atoms with Gasteiger partial charge in [-0.05, 0) is 37.3 Å². The Morgan fingerprint density at radius 3 is 2.15 bits per heavy atom. The number of nitrogens with two attached hydrogens (primary N) is 2. The van der Waals surface area contributed by atoms with Gasteiger partial charge in [-0.2, -0.15) is 0 Å². The van der Waals surface area contributed by atoms with Gasteiger partial charge in [-0.15, -0.1) is 0 Å². The fraction of sp³-hybridized carbons (Fsp3) is 0.500. The summed E-state index contributed by atoms with van der Waals surface area (Å²) in [5.74, 6) is -4.28. The first kappa shape index (κ1) is 31.2. The number of carbonyl (C=O) groups excluding carboxylic acids is 4. The van der Waals surface area contributed by atoms with Crippen LogP contribution in [0.2, 0.25) is 0 Å². The minimum absolute atomic E-state index is 0.0170. The number of aromatic amines is 1. The topological polar surface area (TPSA) is 230 Å². The number of aliphatic hydroxyl groups is 1. The predicted octanol–water partition coefficient (Wildman–Crippen LogP) is -0.731. The highest BCUT2D eigenvalue weighted by Crippen LogP contribution is 2.19. The fourth-order valence-corrected chi connectivity index (χ4v) is 4.06. The molecule has 214 valence electrons. The number of primary amides is 1. The number of fused-ring (bicyclic) bond motifs is 1. The van der Waals surface area contributed by atoms with Crippen LogP contribution in [0.1, 0.15) is 45.6 Å². The number of benzene rings is 1. The van der Waals surface area contributed by atoms with Crippen LogP contribution in [0.3, 0.4) is 0 Å². The number of H-pyrrole nitrogens is 1. The second kappa shape index (κ2) is 14.3. The number of aliphatic hydroxyl groups excluding tert-OH is 1. The molecule has 5 unspecified atom stereocenters. The highest BCUT2D eigenvalue weighted by molar-refractivity contribution is 5.95. The summed E-state index contributed by atoms with van der Waals surface area (Å²) in [6.45, 7) is 4.86. The van der Waals surface area contributed by atoms with Crippen molar-refractivity contribution in [2.24, 2.45) is 17.4 Å². The van der Waals surface area contributed by atoms with Crippen LogP contribution in [0.15, 0.2) is 30.5 Å². The number of nitrogens with one attached hydrogen (secondary N) is 4. The molecule has 1 aromatic carbocycles. The summed E-state index contributed by atoms with van der Waals surface area (Å²) < 4.78 is 0. The van der Waals surface area contributed by atoms with Gasteiger partial charge in [-0.1, -0.05) is 32.0 Å². The zero-order valence-corrected chi connectivity index (χ0v) is 22.3. The maximum atomic E-state index is 13.5. The Morgan fingerprint density at radius 1 is 0.949 bits per heavy atom. The molecule has 2 aromatic rings. The average molecular weight is 547 g/mol. The highest BCUT2D eigenvalue weighted by atomic mass is 16.4. The smallest absolute Gasteiger partial charge is 0.328 e. The molecule has 0 radical (unpaired) electrons. The van der Waals surface area contributed by atoms with Crippen molar-refractivity contribution in [3.8, 4) is 0 Å². The fourth-order valence-electron chi connectivity index (χ4n) is 4.06. The third-order valence-corrected chi connectivity index (χ3v) is 6.16. The maximum absolute atomic E-state index is 13.5. The third kappa shape index (κ3) is 9.37. The van der Waals surface area contributed by atoms with E-state index in [0.29, 0.717) is 0 Å². The molecule has 0 fully saturated rings. The van der Waals surface area contributed by atoms with Gasteiger partial charge in [0, 0.05) is 29.9 Å². The van der Waals surface area contributed by atoms with E-state index in [1.807, 2.05) is 38.1 Å². The van der Waals surface area contributed by atoms with Gasteiger partial charge in [-0.3, -0.25) is 19.2 Å². The standard InChI is InChI=1S/C26H38N6O7/c1-13(2)10-19(25(37)32-22(14(3)33)26(38)39)31-24(36)20(30-23(35)17(27)8-9-21(28)34)11-15-12-29-18-7-5-4-6-16(15)18/h4-7,12-14,17,19-20,22,29,33H,8-11,27H2,1-3H3,(H2,28,34)(H,30,35)(H,31,36)(H,32,37)(H,38,39). The minimum Gasteiger partial charge on any atom is -0.480 e. The number of carboxylic acids is 1. The number of para-hydroxylation sites is 1. The molecule has 13 heteroatoms. The van der Waals surface area contributed by atoms with E-state index in [0.717, 1.165) is 16.5 Å². The summed E-state index contributed by atoms with van der Waals surface area (Å²) in [6.07, 6.45) is 0.414. The normalized spacial score (nSPS) is 15.1. The Bertz CT molecular complexity index is 1180. The number of hydrogen-bond donors (Lipinski definition) is 8. The molecule has 0 saturated heterocycles. The van der Waals surface area contributed by atoms with Crippen molar-refractivity contribution in [3.63, 3.8) is 0 Å². The number of rotatable bonds is 15. The number of aliphatic carboxylic acids is 1. The number of aromatic nitrogens is 1. The van der Waals surface area contributed by atoms with Crippen LogP contribution in [0.25, 0.3) is 10.9 Å². The predicted molar refractivity (Wildman–Crippen MR) is 143 cm³/mol. The van der Waals surface area contributed by atoms with Crippen LogP contribution in [0.5, 0.6) is 0 Å². The molecule has 2 rings (SSSR count). The molecule has 0 aliphatic carbocycles. The lowest BCUT2D eigenvalue weighted by molar-refractivity contribution is -0.145. The summed E-state index contributed by atoms with van der Waals surface area (Å²) in [7, 11) is 0. The Labute approximate surface area is 226 Å². The van der Waals surface area contributed by atoms with E-state index in [1.165, 1.54) is 6.92 Å². The lowest BCUT2D eigenvalue weighted by Gasteiger charge is -2.26. The Kier molecular flexibility index (Phi) is 11.4. The molecule has 0 bridgehead atoms. The van der Waals surface area contributed by atoms with Crippen molar-refractivity contribution in [2.45, 2.75) is 76.7 Å². The monoisotopic (exact) mass is 546 g/mol. The maximum Gasteiger partial charge on any atom is 0.328 e. The molecule has 0 aliphatic rings. The van der Waals surface area contributed by atoms with E-state index in [-0.39, 0.29) is 31.6 Å². The SMILES string of the molecule is CC(C)CC(NC(=O)C(Cc1c[nH]c2ccccc12)NC(=O)C(N)CCC(N)=O)C(=O)NC(C(=O)O)C(C)O. The van der Waals surface area contributed by atoms with Gasteiger partial charge in [0.25, 0.3) is 0 Å². The molecule has 10 N–H and O–H groups in total. The van der Waals surface area contributed by atoms with E-state index < -0.39 is 59.9 Å². The molecular formula is C26H38N6O7. The second-order valence-electron chi connectivity index (χ2n) is 9.99. The summed E-state index contributed by atoms with van der Waals surface area (Å²) in [5, 5.41) is 27.4. The van der Waals surface area contributed by atoms with E-state index in [9.17, 15) is 34.2 Å². The summed E-state index contributed by atoms with van der Waals surface area (Å²) in [5.41, 5.74) is 12.6. The van der Waals surface area contributed by atoms with Crippen LogP contribution in [0.4, 0.5) is 0 Å². The molecular weight excluding hydrogens is 508 g/mol. The first-order chi connectivity index (χ1) is 18.3. The van der Waals surface area contributed by atoms with E-state index >= 15 is 0 Å². The Balaban J connectivity index is 2.30. The van der Waals surface area contributed by atoms with Crippen molar-refractivity contribution < 1.29 is 34.2 Å². The van der Waals surface area contributed by atoms with Crippen molar-refractivity contribution in [2.75, 3.05) is 0 Å². The molecule has 5 atom stereocenters. The zero-order chi connectivity index (χ0) is 29.3. The summed E-state index contributed by atoms with van der Waals surface area (Å²) in [4.78, 5) is 64.9. The summed E-state index contributed by atoms with van der Waals surface area (Å²) in [6, 6.07) is 2.40. The van der Waals surface area contributed by atoms with Crippen molar-refractivity contribution in [1.82, 2.24) is 20.9 Å². The molecule has 1 aromatic heterocycles. The minimum atomic E-state index is -1.57. The van der Waals surface area contributed by atoms with Gasteiger partial charge in [0.2, 0.25) is 23.6 Å². The van der Waals surface area contributed by atoms with Crippen LogP contribution < -0.4 is 27.4 Å². The van der Waals surface area contributed by atoms with Crippen molar-refractivity contribution >= 4 is 40.5 Å². The van der Waals surface area contributed by atoms with Crippen LogP contribution >= 0.6 is 0 Å². The molecule has 1 heterocycles. The largest absolute Gasteiger partial charge is 0.480 e. The van der Waals surface area contributed by atoms with Crippen molar-refractivity contribution in [3.05, 3.63) is 36.0 Å². The second-order valence-corrected chi connectivity index (χ2v) is 9.99. The van der Waals surface area contributed by atoms with Crippen LogP contribution in [-0.2, 0) is 30.4 Å².